The number of hydrogen-bond donors (Lipinski definition) is 2. The van der Waals surface area contributed by atoms with Crippen LogP contribution in [0.25, 0.3) is 0 Å². The Kier molecular flexibility index (Phi) is 9.81. The molecule has 0 bridgehead atoms. The number of nitrogens with zero attached hydrogens (tertiary/aromatic N) is 2. The van der Waals surface area contributed by atoms with E-state index in [0.717, 1.165) is 24.7 Å². The smallest absolute Gasteiger partial charge is 0.255 e. The lowest BCUT2D eigenvalue weighted by atomic mass is 9.76. The molecule has 4 atom stereocenters. The predicted molar refractivity (Wildman–Crippen MR) is 166 cm³/mol. The van der Waals surface area contributed by atoms with Crippen LogP contribution in [0.15, 0.2) is 60.8 Å². The number of benzene rings is 2. The molecule has 1 aromatic heterocycles. The summed E-state index contributed by atoms with van der Waals surface area (Å²) in [7, 11) is -3.60. The first-order valence-corrected chi connectivity index (χ1v) is 17.1. The van der Waals surface area contributed by atoms with Crippen molar-refractivity contribution in [2.24, 2.45) is 0 Å². The van der Waals surface area contributed by atoms with Crippen molar-refractivity contribution in [1.29, 1.82) is 0 Å². The van der Waals surface area contributed by atoms with E-state index in [2.05, 4.69) is 10.2 Å². The van der Waals surface area contributed by atoms with Crippen molar-refractivity contribution in [2.75, 3.05) is 6.26 Å². The molecule has 1 aliphatic carbocycles. The second-order valence-electron chi connectivity index (χ2n) is 11.2. The van der Waals surface area contributed by atoms with Crippen LogP contribution in [0.3, 0.4) is 0 Å². The van der Waals surface area contributed by atoms with E-state index < -0.39 is 40.0 Å². The predicted octanol–water partition coefficient (Wildman–Crippen LogP) is 4.58. The minimum atomic E-state index is -3.60. The van der Waals surface area contributed by atoms with Crippen LogP contribution >= 0.6 is 23.2 Å². The average Bonchev–Trinajstić information content (AvgIpc) is 2.97. The van der Waals surface area contributed by atoms with Gasteiger partial charge in [0.15, 0.2) is 12.8 Å². The van der Waals surface area contributed by atoms with Crippen LogP contribution in [0.2, 0.25) is 10.0 Å². The highest BCUT2D eigenvalue weighted by molar-refractivity contribution is 7.88. The third kappa shape index (κ3) is 6.87. The van der Waals surface area contributed by atoms with Gasteiger partial charge in [-0.15, -0.1) is 0 Å². The molecular weight excluding hydrogens is 627 g/mol. The van der Waals surface area contributed by atoms with E-state index >= 15 is 0 Å². The number of aryl methyl sites for hydroxylation is 1. The molecular formula is C31H34Cl2N4O6S. The summed E-state index contributed by atoms with van der Waals surface area (Å²) in [6, 6.07) is 13.1. The Morgan fingerprint density at radius 2 is 1.84 bits per heavy atom. The third-order valence-electron chi connectivity index (χ3n) is 8.25. The van der Waals surface area contributed by atoms with Gasteiger partial charge in [0.05, 0.1) is 18.2 Å². The summed E-state index contributed by atoms with van der Waals surface area (Å²) in [4.78, 5) is 35.6. The van der Waals surface area contributed by atoms with Gasteiger partial charge >= 0.3 is 0 Å². The van der Waals surface area contributed by atoms with Crippen LogP contribution in [0, 0.1) is 5.21 Å². The molecule has 44 heavy (non-hydrogen) atoms. The summed E-state index contributed by atoms with van der Waals surface area (Å²) in [6.07, 6.45) is 5.85. The summed E-state index contributed by atoms with van der Waals surface area (Å²) >= 11 is 13.0. The van der Waals surface area contributed by atoms with Crippen LogP contribution in [-0.4, -0.2) is 43.5 Å². The van der Waals surface area contributed by atoms with Crippen LogP contribution in [0.5, 0.6) is 0 Å². The number of pyridine rings is 1. The molecule has 0 spiro atoms. The third-order valence-corrected chi connectivity index (χ3v) is 9.54. The van der Waals surface area contributed by atoms with Crippen LogP contribution in [0.4, 0.5) is 0 Å². The van der Waals surface area contributed by atoms with Crippen molar-refractivity contribution in [3.63, 3.8) is 0 Å². The van der Waals surface area contributed by atoms with Crippen LogP contribution < -0.4 is 14.9 Å². The molecule has 2 aliphatic rings. The van der Waals surface area contributed by atoms with Crippen molar-refractivity contribution in [3.05, 3.63) is 104 Å². The number of fused-ring (bicyclic) bond motifs is 1. The minimum absolute atomic E-state index is 0.189. The molecule has 2 heterocycles. The van der Waals surface area contributed by atoms with Crippen molar-refractivity contribution in [3.8, 4) is 0 Å². The molecule has 0 saturated heterocycles. The minimum Gasteiger partial charge on any atom is -0.618 e. The van der Waals surface area contributed by atoms with Crippen LogP contribution in [0.1, 0.15) is 77.3 Å². The lowest BCUT2D eigenvalue weighted by Gasteiger charge is -2.49. The Hall–Kier alpha value is -3.22. The van der Waals surface area contributed by atoms with Crippen molar-refractivity contribution in [1.82, 2.24) is 15.1 Å². The molecule has 1 saturated carbocycles. The fourth-order valence-electron chi connectivity index (χ4n) is 6.25. The van der Waals surface area contributed by atoms with Gasteiger partial charge in [0.2, 0.25) is 15.7 Å². The summed E-state index contributed by atoms with van der Waals surface area (Å²) in [6.45, 7) is 1.75. The lowest BCUT2D eigenvalue weighted by Crippen LogP contribution is -2.59. The molecule has 3 aromatic rings. The van der Waals surface area contributed by atoms with E-state index in [-0.39, 0.29) is 17.5 Å². The summed E-state index contributed by atoms with van der Waals surface area (Å²) in [5, 5.41) is 13.1. The van der Waals surface area contributed by atoms with Gasteiger partial charge in [0.25, 0.3) is 11.8 Å². The second-order valence-corrected chi connectivity index (χ2v) is 13.8. The molecule has 1 fully saturated rings. The highest BCUT2D eigenvalue weighted by atomic mass is 35.5. The first kappa shape index (κ1) is 32.2. The Labute approximate surface area is 266 Å². The van der Waals surface area contributed by atoms with E-state index in [1.165, 1.54) is 6.20 Å². The van der Waals surface area contributed by atoms with Crippen LogP contribution in [-0.2, 0) is 32.7 Å². The first-order valence-electron chi connectivity index (χ1n) is 14.4. The Morgan fingerprint density at radius 1 is 1.09 bits per heavy atom. The van der Waals surface area contributed by atoms with E-state index in [1.807, 2.05) is 13.0 Å². The number of amides is 2. The molecule has 13 heteroatoms. The number of halogens is 2. The first-order chi connectivity index (χ1) is 21.0. The van der Waals surface area contributed by atoms with Gasteiger partial charge in [0.1, 0.15) is 0 Å². The van der Waals surface area contributed by atoms with Gasteiger partial charge in [-0.1, -0.05) is 67.2 Å². The average molecular weight is 662 g/mol. The maximum atomic E-state index is 14.3. The van der Waals surface area contributed by atoms with E-state index in [1.54, 1.807) is 53.4 Å². The maximum Gasteiger partial charge on any atom is 0.255 e. The zero-order valence-electron chi connectivity index (χ0n) is 24.3. The molecule has 2 aromatic carbocycles. The number of carbonyl (C=O) groups is 2. The Morgan fingerprint density at radius 3 is 2.55 bits per heavy atom. The standard InChI is InChI=1S/C31H34Cl2N4O6S/c1-3-19-12-14-21(36(40)17-19)18-43-34-30(38)28-22-8-4-5-9-23(22)31(39)37(29(28)24-15-13-20(32)16-25(24)33)27-11-7-6-10-26(27)35-44(2,41)42/h4-5,8-9,12-17,26-29,35H,3,6-7,10-11,18H2,1-2H3,(H,34,38)/t26-,27-,28+,29-/m0/s1. The Balaban J connectivity index is 1.56. The molecule has 0 radical (unpaired) electrons. The van der Waals surface area contributed by atoms with E-state index in [9.17, 15) is 23.2 Å². The van der Waals surface area contributed by atoms with Gasteiger partial charge in [-0.3, -0.25) is 14.4 Å². The van der Waals surface area contributed by atoms with Gasteiger partial charge in [-0.2, -0.15) is 4.73 Å². The number of rotatable bonds is 9. The normalized spacial score (nSPS) is 22.0. The number of sulfonamides is 1. The zero-order valence-corrected chi connectivity index (χ0v) is 26.7. The zero-order chi connectivity index (χ0) is 31.6. The molecule has 10 nitrogen and oxygen atoms in total. The van der Waals surface area contributed by atoms with Gasteiger partial charge in [-0.05, 0) is 54.7 Å². The molecule has 2 amide bonds. The number of nitrogens with one attached hydrogen (secondary N) is 2. The van der Waals surface area contributed by atoms with Gasteiger partial charge in [-0.25, -0.2) is 18.6 Å². The number of aromatic nitrogens is 1. The highest BCUT2D eigenvalue weighted by Crippen LogP contribution is 2.47. The largest absolute Gasteiger partial charge is 0.618 e. The fraction of sp³-hybridized carbons (Fsp3) is 0.387. The summed E-state index contributed by atoms with van der Waals surface area (Å²) in [5.74, 6) is -1.89. The van der Waals surface area contributed by atoms with E-state index in [0.29, 0.717) is 51.4 Å². The quantitative estimate of drug-likeness (QED) is 0.196. The molecule has 234 valence electrons. The number of hydroxylamine groups is 1. The lowest BCUT2D eigenvalue weighted by molar-refractivity contribution is -0.617. The maximum absolute atomic E-state index is 14.3. The molecule has 2 N–H and O–H groups in total. The Bertz CT molecular complexity index is 1670. The SMILES string of the molecule is CCc1ccc(CONC(=O)[C@@H]2c3ccccc3C(=O)N([C@H]3CCCC[C@@H]3NS(C)(=O)=O)[C@H]2c2ccc(Cl)cc2Cl)[n+]([O-])c1. The topological polar surface area (TPSA) is 132 Å². The highest BCUT2D eigenvalue weighted by Gasteiger charge is 2.49. The van der Waals surface area contributed by atoms with Gasteiger partial charge < -0.3 is 10.1 Å². The molecule has 1 aliphatic heterocycles. The molecule has 0 unspecified atom stereocenters. The van der Waals surface area contributed by atoms with Crippen molar-refractivity contribution in [2.45, 2.75) is 69.7 Å². The summed E-state index contributed by atoms with van der Waals surface area (Å²) in [5.41, 5.74) is 4.95. The van der Waals surface area contributed by atoms with Gasteiger partial charge in [0, 0.05) is 39.3 Å². The number of hydrogen-bond acceptors (Lipinski definition) is 6. The number of carbonyl (C=O) groups excluding carboxylic acids is 2. The summed E-state index contributed by atoms with van der Waals surface area (Å²) < 4.78 is 28.2. The van der Waals surface area contributed by atoms with Crippen molar-refractivity contribution < 1.29 is 27.6 Å². The monoisotopic (exact) mass is 660 g/mol. The second kappa shape index (κ2) is 13.4. The van der Waals surface area contributed by atoms with Crippen molar-refractivity contribution >= 4 is 45.0 Å². The fourth-order valence-corrected chi connectivity index (χ4v) is 7.59. The van der Waals surface area contributed by atoms with E-state index in [4.69, 9.17) is 28.0 Å². The molecule has 5 rings (SSSR count).